The molecule has 4 rings (SSSR count). The normalized spacial score (nSPS) is 14.5. The Morgan fingerprint density at radius 2 is 1.89 bits per heavy atom. The summed E-state index contributed by atoms with van der Waals surface area (Å²) in [6.45, 7) is 2.28. The number of nitrogens with zero attached hydrogens (tertiary/aromatic N) is 1. The Kier molecular flexibility index (Phi) is 5.23. The molecule has 2 aromatic carbocycles. The van der Waals surface area contributed by atoms with Gasteiger partial charge in [0.2, 0.25) is 0 Å². The Labute approximate surface area is 169 Å². The number of rotatable bonds is 4. The number of amides is 1. The molecule has 0 spiro atoms. The Hall–Kier alpha value is -2.59. The summed E-state index contributed by atoms with van der Waals surface area (Å²) in [5.74, 6) is -0.0712. The molecule has 0 unspecified atom stereocenters. The van der Waals surface area contributed by atoms with E-state index in [1.807, 2.05) is 36.1 Å². The van der Waals surface area contributed by atoms with Gasteiger partial charge < -0.3 is 9.88 Å². The molecule has 0 radical (unpaired) electrons. The second kappa shape index (κ2) is 7.80. The summed E-state index contributed by atoms with van der Waals surface area (Å²) in [5.41, 5.74) is 2.92. The summed E-state index contributed by atoms with van der Waals surface area (Å²) in [4.78, 5) is 30.9. The van der Waals surface area contributed by atoms with Gasteiger partial charge in [-0.25, -0.2) is 0 Å². The lowest BCUT2D eigenvalue weighted by atomic mass is 10.1. The molecule has 144 valence electrons. The van der Waals surface area contributed by atoms with Crippen molar-refractivity contribution < 1.29 is 4.79 Å². The first-order valence-corrected chi connectivity index (χ1v) is 10.1. The number of aromatic nitrogens is 1. The molecule has 1 saturated carbocycles. The van der Waals surface area contributed by atoms with Crippen LogP contribution in [0.3, 0.4) is 0 Å². The zero-order chi connectivity index (χ0) is 19.7. The van der Waals surface area contributed by atoms with Crippen LogP contribution in [0.15, 0.2) is 53.3 Å². The second-order valence-corrected chi connectivity index (χ2v) is 7.98. The quantitative estimate of drug-likeness (QED) is 0.671. The Morgan fingerprint density at radius 3 is 2.64 bits per heavy atom. The molecule has 1 aliphatic carbocycles. The van der Waals surface area contributed by atoms with Crippen LogP contribution in [0.1, 0.15) is 47.2 Å². The van der Waals surface area contributed by atoms with E-state index in [1.165, 1.54) is 0 Å². The largest absolute Gasteiger partial charge is 0.331 e. The Morgan fingerprint density at radius 1 is 1.14 bits per heavy atom. The SMILES string of the molecule is Cc1cccc2cc(CN(C(=O)c3cccc(Cl)c3)C3CCCC3)c(=O)[nH]c12. The fourth-order valence-corrected chi connectivity index (χ4v) is 4.29. The van der Waals surface area contributed by atoms with Crippen LogP contribution >= 0.6 is 11.6 Å². The smallest absolute Gasteiger partial charge is 0.254 e. The van der Waals surface area contributed by atoms with Crippen LogP contribution in [0.5, 0.6) is 0 Å². The van der Waals surface area contributed by atoms with E-state index < -0.39 is 0 Å². The minimum Gasteiger partial charge on any atom is -0.331 e. The molecule has 0 aliphatic heterocycles. The summed E-state index contributed by atoms with van der Waals surface area (Å²) < 4.78 is 0. The monoisotopic (exact) mass is 394 g/mol. The highest BCUT2D eigenvalue weighted by Crippen LogP contribution is 2.27. The molecular weight excluding hydrogens is 372 g/mol. The molecule has 0 saturated heterocycles. The summed E-state index contributed by atoms with van der Waals surface area (Å²) in [6, 6.07) is 15.0. The van der Waals surface area contributed by atoms with Crippen molar-refractivity contribution in [3.63, 3.8) is 0 Å². The molecule has 1 amide bonds. The van der Waals surface area contributed by atoms with E-state index in [0.717, 1.165) is 42.1 Å². The number of aromatic amines is 1. The number of aryl methyl sites for hydroxylation is 1. The first kappa shape index (κ1) is 18.8. The van der Waals surface area contributed by atoms with Gasteiger partial charge in [0.05, 0.1) is 12.1 Å². The minimum absolute atomic E-state index is 0.0712. The molecule has 1 aromatic heterocycles. The predicted octanol–water partition coefficient (Wildman–Crippen LogP) is 5.07. The second-order valence-electron chi connectivity index (χ2n) is 7.54. The van der Waals surface area contributed by atoms with Gasteiger partial charge in [-0.15, -0.1) is 0 Å². The van der Waals surface area contributed by atoms with Crippen LogP contribution in [0.25, 0.3) is 10.9 Å². The number of hydrogen-bond donors (Lipinski definition) is 1. The van der Waals surface area contributed by atoms with Crippen LogP contribution in [0.2, 0.25) is 5.02 Å². The number of fused-ring (bicyclic) bond motifs is 1. The predicted molar refractivity (Wildman–Crippen MR) is 113 cm³/mol. The zero-order valence-corrected chi connectivity index (χ0v) is 16.6. The van der Waals surface area contributed by atoms with Crippen molar-refractivity contribution in [1.29, 1.82) is 0 Å². The lowest BCUT2D eigenvalue weighted by Gasteiger charge is -2.29. The van der Waals surface area contributed by atoms with Crippen LogP contribution in [0, 0.1) is 6.92 Å². The van der Waals surface area contributed by atoms with E-state index in [0.29, 0.717) is 22.7 Å². The van der Waals surface area contributed by atoms with E-state index >= 15 is 0 Å². The van der Waals surface area contributed by atoms with Crippen molar-refractivity contribution in [2.75, 3.05) is 0 Å². The van der Waals surface area contributed by atoms with Crippen molar-refractivity contribution in [3.8, 4) is 0 Å². The number of carbonyl (C=O) groups excluding carboxylic acids is 1. The molecule has 1 heterocycles. The van der Waals surface area contributed by atoms with Crippen LogP contribution in [-0.2, 0) is 6.54 Å². The van der Waals surface area contributed by atoms with E-state index in [4.69, 9.17) is 11.6 Å². The van der Waals surface area contributed by atoms with Gasteiger partial charge >= 0.3 is 0 Å². The highest BCUT2D eigenvalue weighted by atomic mass is 35.5. The third-order valence-corrected chi connectivity index (χ3v) is 5.84. The van der Waals surface area contributed by atoms with Crippen molar-refractivity contribution in [3.05, 3.63) is 80.6 Å². The third-order valence-electron chi connectivity index (χ3n) is 5.60. The van der Waals surface area contributed by atoms with Gasteiger partial charge in [-0.1, -0.05) is 48.7 Å². The maximum Gasteiger partial charge on any atom is 0.254 e. The van der Waals surface area contributed by atoms with Gasteiger partial charge in [0, 0.05) is 22.2 Å². The van der Waals surface area contributed by atoms with Crippen LogP contribution in [-0.4, -0.2) is 21.8 Å². The first-order chi connectivity index (χ1) is 13.5. The Bertz CT molecular complexity index is 1080. The molecule has 1 N–H and O–H groups in total. The van der Waals surface area contributed by atoms with Gasteiger partial charge in [0.15, 0.2) is 0 Å². The Balaban J connectivity index is 1.72. The molecule has 1 aliphatic rings. The molecule has 4 nitrogen and oxygen atoms in total. The fourth-order valence-electron chi connectivity index (χ4n) is 4.10. The molecule has 3 aromatic rings. The number of pyridine rings is 1. The minimum atomic E-state index is -0.135. The van der Waals surface area contributed by atoms with Crippen molar-refractivity contribution in [2.45, 2.75) is 45.2 Å². The van der Waals surface area contributed by atoms with E-state index in [1.54, 1.807) is 24.3 Å². The number of H-pyrrole nitrogens is 1. The lowest BCUT2D eigenvalue weighted by Crippen LogP contribution is -2.39. The molecule has 28 heavy (non-hydrogen) atoms. The highest BCUT2D eigenvalue weighted by Gasteiger charge is 2.28. The van der Waals surface area contributed by atoms with Crippen molar-refractivity contribution in [2.24, 2.45) is 0 Å². The molecule has 0 bridgehead atoms. The van der Waals surface area contributed by atoms with Gasteiger partial charge in [0.1, 0.15) is 0 Å². The number of hydrogen-bond acceptors (Lipinski definition) is 2. The average molecular weight is 395 g/mol. The summed E-state index contributed by atoms with van der Waals surface area (Å²) in [6.07, 6.45) is 4.16. The highest BCUT2D eigenvalue weighted by molar-refractivity contribution is 6.30. The topological polar surface area (TPSA) is 53.2 Å². The van der Waals surface area contributed by atoms with E-state index in [9.17, 15) is 9.59 Å². The van der Waals surface area contributed by atoms with Crippen LogP contribution in [0.4, 0.5) is 0 Å². The number of benzene rings is 2. The lowest BCUT2D eigenvalue weighted by molar-refractivity contribution is 0.0664. The maximum absolute atomic E-state index is 13.3. The maximum atomic E-state index is 13.3. The summed E-state index contributed by atoms with van der Waals surface area (Å²) >= 11 is 6.09. The molecular formula is C23H23ClN2O2. The molecule has 1 fully saturated rings. The van der Waals surface area contributed by atoms with Gasteiger partial charge in [-0.05, 0) is 55.0 Å². The van der Waals surface area contributed by atoms with E-state index in [2.05, 4.69) is 4.98 Å². The van der Waals surface area contributed by atoms with Crippen molar-refractivity contribution >= 4 is 28.4 Å². The molecule has 0 atom stereocenters. The first-order valence-electron chi connectivity index (χ1n) is 9.71. The number of nitrogens with one attached hydrogen (secondary N) is 1. The fraction of sp³-hybridized carbons (Fsp3) is 0.304. The van der Waals surface area contributed by atoms with Crippen molar-refractivity contribution in [1.82, 2.24) is 9.88 Å². The summed E-state index contributed by atoms with van der Waals surface area (Å²) in [7, 11) is 0. The van der Waals surface area contributed by atoms with Crippen LogP contribution < -0.4 is 5.56 Å². The number of halogens is 1. The van der Waals surface area contributed by atoms with Gasteiger partial charge in [-0.2, -0.15) is 0 Å². The number of para-hydroxylation sites is 1. The third kappa shape index (κ3) is 3.69. The molecule has 5 heteroatoms. The van der Waals surface area contributed by atoms with Gasteiger partial charge in [-0.3, -0.25) is 9.59 Å². The number of carbonyl (C=O) groups is 1. The standard InChI is InChI=1S/C23H23ClN2O2/c1-15-6-4-7-16-12-18(22(27)25-21(15)16)14-26(20-10-2-3-11-20)23(28)17-8-5-9-19(24)13-17/h4-9,12-13,20H,2-3,10-11,14H2,1H3,(H,25,27). The van der Waals surface area contributed by atoms with E-state index in [-0.39, 0.29) is 17.5 Å². The van der Waals surface area contributed by atoms with Gasteiger partial charge in [0.25, 0.3) is 11.5 Å². The zero-order valence-electron chi connectivity index (χ0n) is 15.9. The average Bonchev–Trinajstić information content (AvgIpc) is 3.21. The summed E-state index contributed by atoms with van der Waals surface area (Å²) in [5, 5.41) is 1.52.